The van der Waals surface area contributed by atoms with Crippen molar-refractivity contribution in [2.24, 2.45) is 0 Å². The van der Waals surface area contributed by atoms with Crippen LogP contribution >= 0.6 is 11.8 Å². The summed E-state index contributed by atoms with van der Waals surface area (Å²) in [5, 5.41) is 8.46. The molecule has 0 bridgehead atoms. The van der Waals surface area contributed by atoms with Gasteiger partial charge >= 0.3 is 6.55 Å². The summed E-state index contributed by atoms with van der Waals surface area (Å²) in [5.74, 6) is 0.994. The topological polar surface area (TPSA) is 74.6 Å². The quantitative estimate of drug-likeness (QED) is 0.852. The Balaban J connectivity index is 1.74. The Morgan fingerprint density at radius 1 is 1.42 bits per heavy atom. The van der Waals surface area contributed by atoms with Crippen LogP contribution in [-0.2, 0) is 5.75 Å². The number of imidazole rings is 1. The van der Waals surface area contributed by atoms with Crippen LogP contribution in [0.2, 0.25) is 0 Å². The van der Waals surface area contributed by atoms with E-state index in [0.717, 1.165) is 17.4 Å². The number of hydrogen-bond acceptors (Lipinski definition) is 5. The zero-order valence-corrected chi connectivity index (χ0v) is 10.7. The fourth-order valence-electron chi connectivity index (χ4n) is 1.83. The second-order valence-corrected chi connectivity index (χ2v) is 5.20. The van der Waals surface area contributed by atoms with Gasteiger partial charge in [0.25, 0.3) is 0 Å². The molecule has 2 aromatic rings. The Labute approximate surface area is 112 Å². The summed E-state index contributed by atoms with van der Waals surface area (Å²) in [4.78, 5) is 3.92. The van der Waals surface area contributed by atoms with Gasteiger partial charge in [0, 0.05) is 18.4 Å². The molecule has 2 aromatic heterocycles. The number of anilines is 1. The van der Waals surface area contributed by atoms with Crippen molar-refractivity contribution in [3.05, 3.63) is 18.2 Å². The Kier molecular flexibility index (Phi) is 3.13. The van der Waals surface area contributed by atoms with Crippen LogP contribution in [0.1, 0.15) is 31.3 Å². The van der Waals surface area contributed by atoms with Crippen molar-refractivity contribution in [2.45, 2.75) is 36.3 Å². The summed E-state index contributed by atoms with van der Waals surface area (Å²) in [6.45, 7) is -2.58. The predicted molar refractivity (Wildman–Crippen MR) is 65.7 cm³/mol. The Hall–Kier alpha value is -1.64. The fraction of sp³-hybridized carbons (Fsp3) is 0.500. The molecule has 0 aromatic carbocycles. The highest BCUT2D eigenvalue weighted by Crippen LogP contribution is 2.39. The standard InChI is InChI=1S/C10H12F2N6S/c11-8(12)17-4-3-14-7(17)5-19-10-16-15-9(13)18(10)6-1-2-6/h3-4,6,8H,1-2,5H2,(H2,13,15). The number of thioether (sulfide) groups is 1. The van der Waals surface area contributed by atoms with E-state index in [1.54, 1.807) is 0 Å². The van der Waals surface area contributed by atoms with E-state index in [4.69, 9.17) is 5.73 Å². The molecule has 1 saturated carbocycles. The van der Waals surface area contributed by atoms with Gasteiger partial charge in [-0.3, -0.25) is 9.13 Å². The minimum absolute atomic E-state index is 0.308. The average Bonchev–Trinajstić information content (AvgIpc) is 2.97. The van der Waals surface area contributed by atoms with E-state index < -0.39 is 6.55 Å². The zero-order valence-electron chi connectivity index (χ0n) is 9.91. The van der Waals surface area contributed by atoms with E-state index in [1.165, 1.54) is 24.2 Å². The SMILES string of the molecule is Nc1nnc(SCc2nccn2C(F)F)n1C1CC1. The van der Waals surface area contributed by atoms with E-state index >= 15 is 0 Å². The van der Waals surface area contributed by atoms with Crippen LogP contribution in [0.5, 0.6) is 0 Å². The highest BCUT2D eigenvalue weighted by molar-refractivity contribution is 7.98. The van der Waals surface area contributed by atoms with Crippen molar-refractivity contribution in [2.75, 3.05) is 5.73 Å². The Morgan fingerprint density at radius 3 is 2.89 bits per heavy atom. The average molecular weight is 286 g/mol. The lowest BCUT2D eigenvalue weighted by Crippen LogP contribution is -2.04. The molecule has 0 amide bonds. The molecule has 0 unspecified atom stereocenters. The first-order valence-corrected chi connectivity index (χ1v) is 6.78. The van der Waals surface area contributed by atoms with E-state index in [-0.39, 0.29) is 0 Å². The maximum Gasteiger partial charge on any atom is 0.319 e. The van der Waals surface area contributed by atoms with Gasteiger partial charge < -0.3 is 5.73 Å². The van der Waals surface area contributed by atoms with Gasteiger partial charge in [-0.1, -0.05) is 11.8 Å². The van der Waals surface area contributed by atoms with Crippen molar-refractivity contribution in [3.8, 4) is 0 Å². The number of nitrogen functional groups attached to an aromatic ring is 1. The van der Waals surface area contributed by atoms with Gasteiger partial charge in [0.2, 0.25) is 5.95 Å². The van der Waals surface area contributed by atoms with Crippen molar-refractivity contribution in [1.29, 1.82) is 0 Å². The molecule has 2 N–H and O–H groups in total. The molecular formula is C10H12F2N6S. The zero-order chi connectivity index (χ0) is 13.4. The third-order valence-corrected chi connectivity index (χ3v) is 3.83. The monoisotopic (exact) mass is 286 g/mol. The fourth-order valence-corrected chi connectivity index (χ4v) is 2.79. The molecule has 0 spiro atoms. The molecule has 3 rings (SSSR count). The van der Waals surface area contributed by atoms with Crippen LogP contribution in [-0.4, -0.2) is 24.3 Å². The number of halogens is 2. The number of nitrogens with two attached hydrogens (primary N) is 1. The van der Waals surface area contributed by atoms with Gasteiger partial charge in [0.1, 0.15) is 5.82 Å². The van der Waals surface area contributed by atoms with Gasteiger partial charge in [0.05, 0.1) is 5.75 Å². The molecule has 102 valence electrons. The summed E-state index contributed by atoms with van der Waals surface area (Å²) in [6.07, 6.45) is 4.74. The molecule has 0 radical (unpaired) electrons. The van der Waals surface area contributed by atoms with Crippen molar-refractivity contribution in [1.82, 2.24) is 24.3 Å². The summed E-state index contributed by atoms with van der Waals surface area (Å²) in [5.41, 5.74) is 5.74. The third kappa shape index (κ3) is 2.42. The Morgan fingerprint density at radius 2 is 2.21 bits per heavy atom. The van der Waals surface area contributed by atoms with Crippen molar-refractivity contribution < 1.29 is 8.78 Å². The molecule has 0 aliphatic heterocycles. The molecule has 0 atom stereocenters. The number of rotatable bonds is 5. The van der Waals surface area contributed by atoms with Crippen LogP contribution < -0.4 is 5.73 Å². The maximum atomic E-state index is 12.7. The number of nitrogens with zero attached hydrogens (tertiary/aromatic N) is 5. The second kappa shape index (κ2) is 4.80. The lowest BCUT2D eigenvalue weighted by atomic mass is 10.7. The van der Waals surface area contributed by atoms with E-state index in [9.17, 15) is 8.78 Å². The summed E-state index contributed by atoms with van der Waals surface area (Å²) < 4.78 is 28.0. The van der Waals surface area contributed by atoms with Crippen molar-refractivity contribution in [3.63, 3.8) is 0 Å². The lowest BCUT2D eigenvalue weighted by Gasteiger charge is -2.07. The smallest absolute Gasteiger partial charge is 0.319 e. The van der Waals surface area contributed by atoms with Crippen molar-refractivity contribution >= 4 is 17.7 Å². The summed E-state index contributed by atoms with van der Waals surface area (Å²) >= 11 is 1.32. The predicted octanol–water partition coefficient (Wildman–Crippen LogP) is 2.08. The molecule has 1 aliphatic carbocycles. The van der Waals surface area contributed by atoms with E-state index in [1.807, 2.05) is 4.57 Å². The van der Waals surface area contributed by atoms with Gasteiger partial charge in [-0.05, 0) is 12.8 Å². The molecule has 9 heteroatoms. The van der Waals surface area contributed by atoms with Crippen LogP contribution in [0, 0.1) is 0 Å². The van der Waals surface area contributed by atoms with Crippen LogP contribution in [0.15, 0.2) is 17.6 Å². The summed E-state index contributed by atoms with van der Waals surface area (Å²) in [7, 11) is 0. The highest BCUT2D eigenvalue weighted by Gasteiger charge is 2.29. The first-order chi connectivity index (χ1) is 9.16. The van der Waals surface area contributed by atoms with E-state index in [0.29, 0.717) is 28.7 Å². The largest absolute Gasteiger partial charge is 0.368 e. The molecule has 1 fully saturated rings. The highest BCUT2D eigenvalue weighted by atomic mass is 32.2. The van der Waals surface area contributed by atoms with Crippen LogP contribution in [0.3, 0.4) is 0 Å². The lowest BCUT2D eigenvalue weighted by molar-refractivity contribution is 0.0678. The summed E-state index contributed by atoms with van der Waals surface area (Å²) in [6, 6.07) is 0.354. The molecule has 6 nitrogen and oxygen atoms in total. The molecule has 19 heavy (non-hydrogen) atoms. The van der Waals surface area contributed by atoms with Gasteiger partial charge in [-0.25, -0.2) is 4.98 Å². The second-order valence-electron chi connectivity index (χ2n) is 4.26. The van der Waals surface area contributed by atoms with Gasteiger partial charge in [0.15, 0.2) is 5.16 Å². The number of hydrogen-bond donors (Lipinski definition) is 1. The van der Waals surface area contributed by atoms with Crippen LogP contribution in [0.25, 0.3) is 0 Å². The van der Waals surface area contributed by atoms with Gasteiger partial charge in [-0.2, -0.15) is 8.78 Å². The normalized spacial score (nSPS) is 15.3. The van der Waals surface area contributed by atoms with Gasteiger partial charge in [-0.15, -0.1) is 10.2 Å². The first kappa shape index (κ1) is 12.4. The third-order valence-electron chi connectivity index (χ3n) is 2.89. The minimum Gasteiger partial charge on any atom is -0.368 e. The molecular weight excluding hydrogens is 274 g/mol. The number of alkyl halides is 2. The molecule has 0 saturated heterocycles. The molecule has 2 heterocycles. The number of aromatic nitrogens is 5. The molecule has 1 aliphatic rings. The maximum absolute atomic E-state index is 12.7. The minimum atomic E-state index is -2.58. The first-order valence-electron chi connectivity index (χ1n) is 5.80. The Bertz CT molecular complexity index is 576. The van der Waals surface area contributed by atoms with E-state index in [2.05, 4.69) is 15.2 Å². The van der Waals surface area contributed by atoms with Crippen LogP contribution in [0.4, 0.5) is 14.7 Å².